The van der Waals surface area contributed by atoms with Gasteiger partial charge in [-0.25, -0.2) is 0 Å². The molecule has 1 amide bonds. The van der Waals surface area contributed by atoms with E-state index in [2.05, 4.69) is 17.4 Å². The van der Waals surface area contributed by atoms with Crippen molar-refractivity contribution in [2.45, 2.75) is 26.2 Å². The zero-order valence-corrected chi connectivity index (χ0v) is 8.62. The van der Waals surface area contributed by atoms with Crippen LogP contribution in [-0.4, -0.2) is 12.5 Å². The van der Waals surface area contributed by atoms with Crippen LogP contribution in [0.15, 0.2) is 30.3 Å². The minimum Gasteiger partial charge on any atom is -0.356 e. The first kappa shape index (κ1) is 10.8. The average molecular weight is 191 g/mol. The van der Waals surface area contributed by atoms with Gasteiger partial charge in [0.2, 0.25) is 5.91 Å². The summed E-state index contributed by atoms with van der Waals surface area (Å²) < 4.78 is 0. The van der Waals surface area contributed by atoms with Gasteiger partial charge < -0.3 is 5.32 Å². The zero-order chi connectivity index (χ0) is 10.2. The van der Waals surface area contributed by atoms with Crippen molar-refractivity contribution in [1.29, 1.82) is 0 Å². The fourth-order valence-corrected chi connectivity index (χ4v) is 1.31. The quantitative estimate of drug-likeness (QED) is 0.759. The van der Waals surface area contributed by atoms with Gasteiger partial charge in [0, 0.05) is 13.0 Å². The van der Waals surface area contributed by atoms with Gasteiger partial charge in [-0.15, -0.1) is 0 Å². The number of carbonyl (C=O) groups excluding carboxylic acids is 1. The summed E-state index contributed by atoms with van der Waals surface area (Å²) in [5.74, 6) is 0.156. The van der Waals surface area contributed by atoms with Gasteiger partial charge in [0.1, 0.15) is 0 Å². The Labute approximate surface area is 85.3 Å². The number of hydrogen-bond donors (Lipinski definition) is 1. The predicted molar refractivity (Wildman–Crippen MR) is 58.1 cm³/mol. The first-order chi connectivity index (χ1) is 6.83. The minimum absolute atomic E-state index is 0.156. The summed E-state index contributed by atoms with van der Waals surface area (Å²) >= 11 is 0. The molecule has 0 fully saturated rings. The predicted octanol–water partition coefficient (Wildman–Crippen LogP) is 2.15. The Morgan fingerprint density at radius 2 is 2.00 bits per heavy atom. The average Bonchev–Trinajstić information content (AvgIpc) is 2.20. The van der Waals surface area contributed by atoms with Crippen LogP contribution in [0.4, 0.5) is 0 Å². The summed E-state index contributed by atoms with van der Waals surface area (Å²) in [6, 6.07) is 10.2. The molecule has 0 spiro atoms. The molecule has 0 heterocycles. The van der Waals surface area contributed by atoms with E-state index in [1.54, 1.807) is 0 Å². The number of carbonyl (C=O) groups is 1. The largest absolute Gasteiger partial charge is 0.356 e. The molecule has 14 heavy (non-hydrogen) atoms. The van der Waals surface area contributed by atoms with E-state index >= 15 is 0 Å². The van der Waals surface area contributed by atoms with E-state index in [9.17, 15) is 4.79 Å². The maximum atomic E-state index is 11.1. The molecular weight excluding hydrogens is 174 g/mol. The molecule has 1 aromatic rings. The van der Waals surface area contributed by atoms with Crippen LogP contribution in [0.5, 0.6) is 0 Å². The van der Waals surface area contributed by atoms with Crippen molar-refractivity contribution in [3.8, 4) is 0 Å². The molecule has 2 nitrogen and oxygen atoms in total. The second kappa shape index (κ2) is 6.19. The van der Waals surface area contributed by atoms with Crippen molar-refractivity contribution in [3.63, 3.8) is 0 Å². The minimum atomic E-state index is 0.156. The second-order valence-corrected chi connectivity index (χ2v) is 3.34. The summed E-state index contributed by atoms with van der Waals surface area (Å²) in [6.45, 7) is 2.75. The molecule has 0 aliphatic carbocycles. The van der Waals surface area contributed by atoms with Crippen molar-refractivity contribution >= 4 is 5.91 Å². The first-order valence-electron chi connectivity index (χ1n) is 5.13. The number of rotatable bonds is 5. The molecular formula is C12H17NO. The van der Waals surface area contributed by atoms with E-state index in [0.29, 0.717) is 6.42 Å². The van der Waals surface area contributed by atoms with Crippen molar-refractivity contribution in [3.05, 3.63) is 35.9 Å². The highest BCUT2D eigenvalue weighted by molar-refractivity contribution is 5.75. The van der Waals surface area contributed by atoms with E-state index in [1.807, 2.05) is 25.1 Å². The van der Waals surface area contributed by atoms with E-state index in [-0.39, 0.29) is 5.91 Å². The van der Waals surface area contributed by atoms with Crippen LogP contribution < -0.4 is 5.32 Å². The fourth-order valence-electron chi connectivity index (χ4n) is 1.31. The van der Waals surface area contributed by atoms with Gasteiger partial charge in [-0.3, -0.25) is 4.79 Å². The Balaban J connectivity index is 2.19. The van der Waals surface area contributed by atoms with Crippen LogP contribution in [0.2, 0.25) is 0 Å². The van der Waals surface area contributed by atoms with Crippen LogP contribution in [0.1, 0.15) is 25.3 Å². The molecule has 0 aliphatic rings. The van der Waals surface area contributed by atoms with Crippen LogP contribution in [0.25, 0.3) is 0 Å². The summed E-state index contributed by atoms with van der Waals surface area (Å²) in [5.41, 5.74) is 1.27. The molecule has 0 radical (unpaired) electrons. The van der Waals surface area contributed by atoms with Gasteiger partial charge in [-0.05, 0) is 18.4 Å². The fraction of sp³-hybridized carbons (Fsp3) is 0.417. The maximum absolute atomic E-state index is 11.1. The summed E-state index contributed by atoms with van der Waals surface area (Å²) in [6.07, 6.45) is 2.46. The molecule has 76 valence electrons. The third-order valence-corrected chi connectivity index (χ3v) is 2.06. The summed E-state index contributed by atoms with van der Waals surface area (Å²) in [5, 5.41) is 2.89. The molecule has 1 aromatic carbocycles. The second-order valence-electron chi connectivity index (χ2n) is 3.34. The monoisotopic (exact) mass is 191 g/mol. The maximum Gasteiger partial charge on any atom is 0.219 e. The molecule has 0 aliphatic heterocycles. The normalized spacial score (nSPS) is 9.79. The lowest BCUT2D eigenvalue weighted by Gasteiger charge is -2.03. The highest BCUT2D eigenvalue weighted by Crippen LogP contribution is 1.98. The van der Waals surface area contributed by atoms with Crippen molar-refractivity contribution in [1.82, 2.24) is 5.32 Å². The summed E-state index contributed by atoms with van der Waals surface area (Å²) in [4.78, 5) is 11.1. The molecule has 0 saturated carbocycles. The van der Waals surface area contributed by atoms with Crippen molar-refractivity contribution < 1.29 is 4.79 Å². The van der Waals surface area contributed by atoms with Crippen LogP contribution in [0, 0.1) is 0 Å². The smallest absolute Gasteiger partial charge is 0.219 e. The molecule has 0 aromatic heterocycles. The standard InChI is InChI=1S/C12H17NO/c1-2-6-12(14)13-10-9-11-7-4-3-5-8-11/h3-5,7-8H,2,6,9-10H2,1H3,(H,13,14). The Bertz CT molecular complexity index is 269. The van der Waals surface area contributed by atoms with E-state index in [1.165, 1.54) is 5.56 Å². The molecule has 0 atom stereocenters. The third-order valence-electron chi connectivity index (χ3n) is 2.06. The van der Waals surface area contributed by atoms with Crippen LogP contribution in [0.3, 0.4) is 0 Å². The van der Waals surface area contributed by atoms with Gasteiger partial charge >= 0.3 is 0 Å². The Kier molecular flexibility index (Phi) is 4.76. The van der Waals surface area contributed by atoms with Gasteiger partial charge in [-0.1, -0.05) is 37.3 Å². The highest BCUT2D eigenvalue weighted by Gasteiger charge is 1.97. The van der Waals surface area contributed by atoms with Gasteiger partial charge in [0.15, 0.2) is 0 Å². The Morgan fingerprint density at radius 3 is 2.64 bits per heavy atom. The molecule has 1 rings (SSSR count). The van der Waals surface area contributed by atoms with Crippen LogP contribution in [-0.2, 0) is 11.2 Å². The number of hydrogen-bond acceptors (Lipinski definition) is 1. The molecule has 0 saturated heterocycles. The number of benzene rings is 1. The molecule has 2 heteroatoms. The zero-order valence-electron chi connectivity index (χ0n) is 8.62. The molecule has 1 N–H and O–H groups in total. The van der Waals surface area contributed by atoms with Crippen LogP contribution >= 0.6 is 0 Å². The molecule has 0 bridgehead atoms. The SMILES string of the molecule is CCCC(=O)NCCc1ccccc1. The Hall–Kier alpha value is -1.31. The topological polar surface area (TPSA) is 29.1 Å². The Morgan fingerprint density at radius 1 is 1.29 bits per heavy atom. The van der Waals surface area contributed by atoms with Gasteiger partial charge in [0.25, 0.3) is 0 Å². The van der Waals surface area contributed by atoms with Crippen molar-refractivity contribution in [2.75, 3.05) is 6.54 Å². The lowest BCUT2D eigenvalue weighted by Crippen LogP contribution is -2.25. The van der Waals surface area contributed by atoms with Gasteiger partial charge in [0.05, 0.1) is 0 Å². The third kappa shape index (κ3) is 4.08. The summed E-state index contributed by atoms with van der Waals surface area (Å²) in [7, 11) is 0. The van der Waals surface area contributed by atoms with E-state index in [4.69, 9.17) is 0 Å². The lowest BCUT2D eigenvalue weighted by atomic mass is 10.1. The van der Waals surface area contributed by atoms with E-state index < -0.39 is 0 Å². The molecule has 0 unspecified atom stereocenters. The van der Waals surface area contributed by atoms with Crippen molar-refractivity contribution in [2.24, 2.45) is 0 Å². The lowest BCUT2D eigenvalue weighted by molar-refractivity contribution is -0.121. The first-order valence-corrected chi connectivity index (χ1v) is 5.13. The number of amides is 1. The number of nitrogens with one attached hydrogen (secondary N) is 1. The highest BCUT2D eigenvalue weighted by atomic mass is 16.1. The van der Waals surface area contributed by atoms with E-state index in [0.717, 1.165) is 19.4 Å². The van der Waals surface area contributed by atoms with Gasteiger partial charge in [-0.2, -0.15) is 0 Å².